The number of rotatable bonds is 6. The Balaban J connectivity index is 2.59. The Hall–Kier alpha value is -2.53. The second-order valence-electron chi connectivity index (χ2n) is 3.20. The van der Waals surface area contributed by atoms with E-state index in [4.69, 9.17) is 10.3 Å². The first kappa shape index (κ1) is 13.5. The van der Waals surface area contributed by atoms with Gasteiger partial charge in [0.05, 0.1) is 13.7 Å². The summed E-state index contributed by atoms with van der Waals surface area (Å²) in [6, 6.07) is 6.15. The van der Waals surface area contributed by atoms with Gasteiger partial charge < -0.3 is 9.47 Å². The minimum Gasteiger partial charge on any atom is -0.482 e. The number of azide groups is 1. The summed E-state index contributed by atoms with van der Waals surface area (Å²) in [7, 11) is 1.27. The van der Waals surface area contributed by atoms with Gasteiger partial charge in [0, 0.05) is 10.5 Å². The van der Waals surface area contributed by atoms with Crippen molar-refractivity contribution in [2.75, 3.05) is 20.3 Å². The smallest absolute Gasteiger partial charge is 0.343 e. The predicted octanol–water partition coefficient (Wildman–Crippen LogP) is 1.73. The maximum Gasteiger partial charge on any atom is 0.343 e. The van der Waals surface area contributed by atoms with Crippen LogP contribution in [0.4, 0.5) is 0 Å². The number of carbonyl (C=O) groups excluding carboxylic acids is 2. The summed E-state index contributed by atoms with van der Waals surface area (Å²) in [5.74, 6) is -0.327. The van der Waals surface area contributed by atoms with Gasteiger partial charge in [0.1, 0.15) is 5.75 Å². The Bertz CT molecular complexity index is 478. The zero-order valence-electron chi connectivity index (χ0n) is 9.70. The molecule has 94 valence electrons. The van der Waals surface area contributed by atoms with Crippen molar-refractivity contribution in [2.24, 2.45) is 5.11 Å². The SMILES string of the molecule is COC(=O)COc1ccc(C(=O)CN=[N+]=[N-])cc1. The third kappa shape index (κ3) is 4.15. The summed E-state index contributed by atoms with van der Waals surface area (Å²) < 4.78 is 9.52. The van der Waals surface area contributed by atoms with Crippen LogP contribution in [0.3, 0.4) is 0 Å². The molecule has 0 aliphatic rings. The van der Waals surface area contributed by atoms with Crippen LogP contribution < -0.4 is 4.74 Å². The van der Waals surface area contributed by atoms with Crippen molar-refractivity contribution in [1.82, 2.24) is 0 Å². The van der Waals surface area contributed by atoms with Crippen molar-refractivity contribution in [2.45, 2.75) is 0 Å². The molecular weight excluding hydrogens is 238 g/mol. The number of esters is 1. The summed E-state index contributed by atoms with van der Waals surface area (Å²) in [5, 5.41) is 3.18. The fourth-order valence-electron chi connectivity index (χ4n) is 1.13. The third-order valence-electron chi connectivity index (χ3n) is 2.04. The van der Waals surface area contributed by atoms with Crippen molar-refractivity contribution in [3.63, 3.8) is 0 Å². The molecule has 7 nitrogen and oxygen atoms in total. The second-order valence-corrected chi connectivity index (χ2v) is 3.20. The summed E-state index contributed by atoms with van der Waals surface area (Å²) in [6.45, 7) is -0.415. The van der Waals surface area contributed by atoms with Gasteiger partial charge in [-0.25, -0.2) is 4.79 Å². The summed E-state index contributed by atoms with van der Waals surface area (Å²) in [4.78, 5) is 24.8. The number of ketones is 1. The molecule has 1 rings (SSSR count). The molecule has 0 radical (unpaired) electrons. The topological polar surface area (TPSA) is 101 Å². The van der Waals surface area contributed by atoms with Crippen LogP contribution in [0.5, 0.6) is 5.75 Å². The predicted molar refractivity (Wildman–Crippen MR) is 62.3 cm³/mol. The molecule has 0 unspecified atom stereocenters. The average Bonchev–Trinajstić information content (AvgIpc) is 2.42. The molecule has 0 fully saturated rings. The Morgan fingerprint density at radius 2 is 2.00 bits per heavy atom. The van der Waals surface area contributed by atoms with E-state index in [1.54, 1.807) is 12.1 Å². The lowest BCUT2D eigenvalue weighted by molar-refractivity contribution is -0.142. The first-order chi connectivity index (χ1) is 8.67. The van der Waals surface area contributed by atoms with Gasteiger partial charge in [0.25, 0.3) is 0 Å². The minimum absolute atomic E-state index is 0.192. The second kappa shape index (κ2) is 6.93. The number of methoxy groups -OCH3 is 1. The zero-order valence-corrected chi connectivity index (χ0v) is 9.70. The Morgan fingerprint density at radius 3 is 2.56 bits per heavy atom. The molecule has 18 heavy (non-hydrogen) atoms. The number of nitrogens with zero attached hydrogens (tertiary/aromatic N) is 3. The van der Waals surface area contributed by atoms with E-state index < -0.39 is 5.97 Å². The summed E-state index contributed by atoms with van der Waals surface area (Å²) >= 11 is 0. The average molecular weight is 249 g/mol. The van der Waals surface area contributed by atoms with E-state index in [-0.39, 0.29) is 18.9 Å². The lowest BCUT2D eigenvalue weighted by Crippen LogP contribution is -2.12. The van der Waals surface area contributed by atoms with Crippen LogP contribution in [0.2, 0.25) is 0 Å². The first-order valence-electron chi connectivity index (χ1n) is 5.01. The Labute approximate surface area is 103 Å². The van der Waals surface area contributed by atoms with Crippen molar-refractivity contribution >= 4 is 11.8 Å². The molecule has 0 amide bonds. The Kier molecular flexibility index (Phi) is 5.21. The van der Waals surface area contributed by atoms with Crippen LogP contribution in [0.15, 0.2) is 29.4 Å². The van der Waals surface area contributed by atoms with E-state index in [1.807, 2.05) is 0 Å². The van der Waals surface area contributed by atoms with Crippen LogP contribution in [-0.2, 0) is 9.53 Å². The van der Waals surface area contributed by atoms with Gasteiger partial charge >= 0.3 is 5.97 Å². The highest BCUT2D eigenvalue weighted by Crippen LogP contribution is 2.12. The molecule has 0 heterocycles. The van der Waals surface area contributed by atoms with Gasteiger partial charge in [0.15, 0.2) is 12.4 Å². The number of benzene rings is 1. The molecule has 0 aliphatic carbocycles. The van der Waals surface area contributed by atoms with Gasteiger partial charge in [-0.1, -0.05) is 5.11 Å². The van der Waals surface area contributed by atoms with E-state index in [2.05, 4.69) is 14.8 Å². The molecule has 7 heteroatoms. The van der Waals surface area contributed by atoms with E-state index >= 15 is 0 Å². The minimum atomic E-state index is -0.487. The fraction of sp³-hybridized carbons (Fsp3) is 0.273. The lowest BCUT2D eigenvalue weighted by Gasteiger charge is -2.05. The molecular formula is C11H11N3O4. The lowest BCUT2D eigenvalue weighted by atomic mass is 10.1. The highest BCUT2D eigenvalue weighted by molar-refractivity contribution is 5.97. The van der Waals surface area contributed by atoms with Crippen LogP contribution >= 0.6 is 0 Å². The maximum atomic E-state index is 11.4. The molecule has 0 saturated carbocycles. The number of Topliss-reactive ketones (excluding diaryl/α,β-unsaturated/α-hetero) is 1. The highest BCUT2D eigenvalue weighted by atomic mass is 16.6. The molecule has 0 saturated heterocycles. The van der Waals surface area contributed by atoms with E-state index in [9.17, 15) is 9.59 Å². The van der Waals surface area contributed by atoms with Gasteiger partial charge in [-0.15, -0.1) is 0 Å². The van der Waals surface area contributed by atoms with Gasteiger partial charge in [-0.05, 0) is 29.8 Å². The van der Waals surface area contributed by atoms with Crippen LogP contribution in [0, 0.1) is 0 Å². The molecule has 0 aromatic heterocycles. The summed E-state index contributed by atoms with van der Waals surface area (Å²) in [5.41, 5.74) is 8.50. The van der Waals surface area contributed by atoms with E-state index in [0.29, 0.717) is 11.3 Å². The molecule has 0 aliphatic heterocycles. The molecule has 0 N–H and O–H groups in total. The molecule has 1 aromatic carbocycles. The van der Waals surface area contributed by atoms with Gasteiger partial charge in [0.2, 0.25) is 0 Å². The number of ether oxygens (including phenoxy) is 2. The van der Waals surface area contributed by atoms with Crippen molar-refractivity contribution < 1.29 is 19.1 Å². The van der Waals surface area contributed by atoms with E-state index in [1.165, 1.54) is 19.2 Å². The number of hydrogen-bond donors (Lipinski definition) is 0. The van der Waals surface area contributed by atoms with Gasteiger partial charge in [-0.2, -0.15) is 0 Å². The quantitative estimate of drug-likeness (QED) is 0.252. The molecule has 0 bridgehead atoms. The van der Waals surface area contributed by atoms with Crippen molar-refractivity contribution in [3.8, 4) is 5.75 Å². The Morgan fingerprint density at radius 1 is 1.33 bits per heavy atom. The highest BCUT2D eigenvalue weighted by Gasteiger charge is 2.05. The van der Waals surface area contributed by atoms with E-state index in [0.717, 1.165) is 0 Å². The summed E-state index contributed by atoms with van der Waals surface area (Å²) in [6.07, 6.45) is 0. The fourth-order valence-corrected chi connectivity index (χ4v) is 1.13. The zero-order chi connectivity index (χ0) is 13.4. The maximum absolute atomic E-state index is 11.4. The molecule has 0 atom stereocenters. The monoisotopic (exact) mass is 249 g/mol. The van der Waals surface area contributed by atoms with Crippen molar-refractivity contribution in [1.29, 1.82) is 0 Å². The largest absolute Gasteiger partial charge is 0.482 e. The molecule has 0 spiro atoms. The van der Waals surface area contributed by atoms with Crippen molar-refractivity contribution in [3.05, 3.63) is 40.3 Å². The van der Waals surface area contributed by atoms with Crippen LogP contribution in [0.25, 0.3) is 10.4 Å². The number of hydrogen-bond acceptors (Lipinski definition) is 5. The first-order valence-corrected chi connectivity index (χ1v) is 5.01. The standard InChI is InChI=1S/C11H11N3O4/c1-17-11(16)7-18-9-4-2-8(3-5-9)10(15)6-13-14-12/h2-5H,6-7H2,1H3. The van der Waals surface area contributed by atoms with Crippen LogP contribution in [-0.4, -0.2) is 32.0 Å². The number of carbonyl (C=O) groups is 2. The van der Waals surface area contributed by atoms with Gasteiger partial charge in [-0.3, -0.25) is 4.79 Å². The van der Waals surface area contributed by atoms with Crippen LogP contribution in [0.1, 0.15) is 10.4 Å². The third-order valence-corrected chi connectivity index (χ3v) is 2.04. The normalized spacial score (nSPS) is 9.17. The molecule has 1 aromatic rings.